The van der Waals surface area contributed by atoms with Crippen LogP contribution >= 0.6 is 11.9 Å². The van der Waals surface area contributed by atoms with Crippen LogP contribution in [0.15, 0.2) is 72.0 Å². The van der Waals surface area contributed by atoms with Crippen molar-refractivity contribution in [3.05, 3.63) is 67.0 Å². The summed E-state index contributed by atoms with van der Waals surface area (Å²) < 4.78 is 21.7. The molecule has 0 unspecified atom stereocenters. The van der Waals surface area contributed by atoms with Crippen molar-refractivity contribution in [1.29, 1.82) is 0 Å². The molecule has 4 heterocycles. The lowest BCUT2D eigenvalue weighted by molar-refractivity contribution is 0.391. The number of nitrogens with one attached hydrogen (secondary N) is 1. The Morgan fingerprint density at radius 3 is 2.31 bits per heavy atom. The summed E-state index contributed by atoms with van der Waals surface area (Å²) in [6.45, 7) is 0. The third-order valence-corrected chi connectivity index (χ3v) is 5.82. The smallest absolute Gasteiger partial charge is 0.213 e. The standard InChI is InChI=1S/C24H21N7O3S/c1-32-16-9-7-10-17(33-2)21(16)31-23(15-8-6-11-19(27-15)34-3)29-22-24(31)28-18(14-26-22)30-35-20-12-4-5-13-25-20/h4-14H,1-3H3,(H,28,30). The van der Waals surface area contributed by atoms with E-state index in [1.807, 2.05) is 53.1 Å². The van der Waals surface area contributed by atoms with Gasteiger partial charge in [0.05, 0.1) is 27.5 Å². The lowest BCUT2D eigenvalue weighted by atomic mass is 10.2. The van der Waals surface area contributed by atoms with Crippen molar-refractivity contribution in [1.82, 2.24) is 29.5 Å². The second kappa shape index (κ2) is 9.85. The Labute approximate surface area is 205 Å². The molecule has 1 aromatic carbocycles. The lowest BCUT2D eigenvalue weighted by Gasteiger charge is -2.16. The maximum atomic E-state index is 5.68. The van der Waals surface area contributed by atoms with Crippen molar-refractivity contribution in [3.8, 4) is 34.6 Å². The van der Waals surface area contributed by atoms with Crippen LogP contribution in [-0.4, -0.2) is 50.8 Å². The predicted molar refractivity (Wildman–Crippen MR) is 133 cm³/mol. The molecule has 0 saturated carbocycles. The number of methoxy groups -OCH3 is 3. The van der Waals surface area contributed by atoms with E-state index < -0.39 is 0 Å². The zero-order chi connectivity index (χ0) is 24.2. The number of hydrogen-bond acceptors (Lipinski definition) is 10. The molecular weight excluding hydrogens is 466 g/mol. The number of anilines is 1. The highest BCUT2D eigenvalue weighted by molar-refractivity contribution is 8.00. The first kappa shape index (κ1) is 22.4. The van der Waals surface area contributed by atoms with Gasteiger partial charge in [-0.2, -0.15) is 0 Å². The van der Waals surface area contributed by atoms with Crippen molar-refractivity contribution >= 4 is 29.1 Å². The number of ether oxygens (including phenoxy) is 3. The molecule has 5 rings (SSSR count). The van der Waals surface area contributed by atoms with Gasteiger partial charge < -0.3 is 18.9 Å². The fourth-order valence-electron chi connectivity index (χ4n) is 3.50. The fourth-order valence-corrected chi connectivity index (χ4v) is 4.07. The molecule has 0 aliphatic rings. The van der Waals surface area contributed by atoms with Gasteiger partial charge in [0.25, 0.3) is 0 Å². The molecular formula is C24H21N7O3S. The molecule has 4 aromatic heterocycles. The highest BCUT2D eigenvalue weighted by Crippen LogP contribution is 2.38. The number of pyridine rings is 2. The zero-order valence-corrected chi connectivity index (χ0v) is 20.0. The van der Waals surface area contributed by atoms with E-state index in [2.05, 4.69) is 19.7 Å². The summed E-state index contributed by atoms with van der Waals surface area (Å²) in [5.74, 6) is 2.67. The average molecular weight is 488 g/mol. The molecule has 35 heavy (non-hydrogen) atoms. The first-order valence-corrected chi connectivity index (χ1v) is 11.4. The summed E-state index contributed by atoms with van der Waals surface area (Å²) in [4.78, 5) is 23.0. The third kappa shape index (κ3) is 4.41. The second-order valence-corrected chi connectivity index (χ2v) is 7.95. The van der Waals surface area contributed by atoms with Gasteiger partial charge in [-0.25, -0.2) is 24.9 Å². The van der Waals surface area contributed by atoms with Crippen LogP contribution in [0.2, 0.25) is 0 Å². The molecule has 0 amide bonds. The van der Waals surface area contributed by atoms with E-state index in [-0.39, 0.29) is 0 Å². The zero-order valence-electron chi connectivity index (χ0n) is 19.2. The van der Waals surface area contributed by atoms with Gasteiger partial charge in [-0.05, 0) is 30.3 Å². The normalized spacial score (nSPS) is 10.8. The molecule has 0 bridgehead atoms. The Hall–Kier alpha value is -4.38. The largest absolute Gasteiger partial charge is 0.494 e. The maximum Gasteiger partial charge on any atom is 0.213 e. The first-order valence-electron chi connectivity index (χ1n) is 10.5. The Kier molecular flexibility index (Phi) is 6.31. The summed E-state index contributed by atoms with van der Waals surface area (Å²) in [6.07, 6.45) is 3.35. The van der Waals surface area contributed by atoms with Gasteiger partial charge in [-0.15, -0.1) is 0 Å². The van der Waals surface area contributed by atoms with E-state index >= 15 is 0 Å². The minimum atomic E-state index is 0.436. The van der Waals surface area contributed by atoms with E-state index in [4.69, 9.17) is 24.2 Å². The van der Waals surface area contributed by atoms with Gasteiger partial charge in [-0.1, -0.05) is 18.2 Å². The van der Waals surface area contributed by atoms with Gasteiger partial charge in [0, 0.05) is 24.2 Å². The fraction of sp³-hybridized carbons (Fsp3) is 0.125. The number of para-hydroxylation sites is 1. The predicted octanol–water partition coefficient (Wildman–Crippen LogP) is 4.42. The van der Waals surface area contributed by atoms with Crippen molar-refractivity contribution in [2.45, 2.75) is 5.03 Å². The molecule has 0 spiro atoms. The number of fused-ring (bicyclic) bond motifs is 1. The Balaban J connectivity index is 1.71. The number of imidazole rings is 1. The Morgan fingerprint density at radius 2 is 1.60 bits per heavy atom. The number of aromatic nitrogens is 6. The highest BCUT2D eigenvalue weighted by atomic mass is 32.2. The lowest BCUT2D eigenvalue weighted by Crippen LogP contribution is -2.05. The summed E-state index contributed by atoms with van der Waals surface area (Å²) in [7, 11) is 4.77. The maximum absolute atomic E-state index is 5.68. The second-order valence-electron chi connectivity index (χ2n) is 7.12. The van der Waals surface area contributed by atoms with E-state index in [0.29, 0.717) is 51.7 Å². The van der Waals surface area contributed by atoms with Crippen LogP contribution in [0.4, 0.5) is 5.82 Å². The molecule has 0 aliphatic carbocycles. The monoisotopic (exact) mass is 487 g/mol. The summed E-state index contributed by atoms with van der Waals surface area (Å²) in [5, 5.41) is 0.801. The number of nitrogens with zero attached hydrogens (tertiary/aromatic N) is 6. The molecule has 5 aromatic rings. The average Bonchev–Trinajstić information content (AvgIpc) is 3.30. The molecule has 0 fully saturated rings. The van der Waals surface area contributed by atoms with E-state index in [9.17, 15) is 0 Å². The van der Waals surface area contributed by atoms with Crippen molar-refractivity contribution in [2.24, 2.45) is 0 Å². The van der Waals surface area contributed by atoms with E-state index in [0.717, 1.165) is 5.03 Å². The van der Waals surface area contributed by atoms with Crippen molar-refractivity contribution in [2.75, 3.05) is 26.1 Å². The van der Waals surface area contributed by atoms with Crippen LogP contribution in [0, 0.1) is 0 Å². The molecule has 0 aliphatic heterocycles. The van der Waals surface area contributed by atoms with Crippen molar-refractivity contribution < 1.29 is 14.2 Å². The molecule has 0 radical (unpaired) electrons. The molecule has 0 atom stereocenters. The minimum absolute atomic E-state index is 0.436. The minimum Gasteiger partial charge on any atom is -0.494 e. The molecule has 10 nitrogen and oxygen atoms in total. The van der Waals surface area contributed by atoms with E-state index in [1.165, 1.54) is 11.9 Å². The summed E-state index contributed by atoms with van der Waals surface area (Å²) in [6, 6.07) is 16.7. The van der Waals surface area contributed by atoms with Crippen LogP contribution in [0.25, 0.3) is 28.5 Å². The van der Waals surface area contributed by atoms with Crippen LogP contribution in [0.5, 0.6) is 17.4 Å². The topological polar surface area (TPSA) is 109 Å². The van der Waals surface area contributed by atoms with Gasteiger partial charge in [0.15, 0.2) is 22.9 Å². The van der Waals surface area contributed by atoms with Gasteiger partial charge >= 0.3 is 0 Å². The van der Waals surface area contributed by atoms with Gasteiger partial charge in [0.1, 0.15) is 27.9 Å². The Bertz CT molecular complexity index is 1460. The Morgan fingerprint density at radius 1 is 0.800 bits per heavy atom. The first-order chi connectivity index (χ1) is 17.2. The highest BCUT2D eigenvalue weighted by Gasteiger charge is 2.24. The van der Waals surface area contributed by atoms with Crippen LogP contribution < -0.4 is 18.9 Å². The van der Waals surface area contributed by atoms with Gasteiger partial charge in [-0.3, -0.25) is 4.57 Å². The quantitative estimate of drug-likeness (QED) is 0.316. The molecule has 0 saturated heterocycles. The molecule has 176 valence electrons. The van der Waals surface area contributed by atoms with Crippen LogP contribution in [0.3, 0.4) is 0 Å². The van der Waals surface area contributed by atoms with Crippen LogP contribution in [-0.2, 0) is 0 Å². The number of rotatable bonds is 8. The summed E-state index contributed by atoms with van der Waals surface area (Å²) >= 11 is 1.34. The molecule has 1 N–H and O–H groups in total. The SMILES string of the molecule is COc1cccc(-c2nc3ncc(NSc4ccccn4)nc3n2-c2c(OC)cccc2OC)n1. The summed E-state index contributed by atoms with van der Waals surface area (Å²) in [5.41, 5.74) is 2.14. The molecule has 11 heteroatoms. The van der Waals surface area contributed by atoms with Gasteiger partial charge in [0.2, 0.25) is 5.88 Å². The van der Waals surface area contributed by atoms with Crippen LogP contribution in [0.1, 0.15) is 0 Å². The third-order valence-electron chi connectivity index (χ3n) is 5.06. The number of hydrogen-bond donors (Lipinski definition) is 1. The number of benzene rings is 1. The van der Waals surface area contributed by atoms with Crippen molar-refractivity contribution in [3.63, 3.8) is 0 Å². The van der Waals surface area contributed by atoms with E-state index in [1.54, 1.807) is 39.8 Å².